The predicted molar refractivity (Wildman–Crippen MR) is 134 cm³/mol. The molecule has 0 N–H and O–H groups in total. The predicted octanol–water partition coefficient (Wildman–Crippen LogP) is 2.27. The summed E-state index contributed by atoms with van der Waals surface area (Å²) in [5.41, 5.74) is 5.78. The van der Waals surface area contributed by atoms with Gasteiger partial charge >= 0.3 is 196 Å². The van der Waals surface area contributed by atoms with Crippen LogP contribution in [0.4, 0.5) is 0 Å². The molecule has 4 aromatic rings. The standard InChI is InChI=1S/2C8H8.2C6H5.2Sb/c2*1-7-5-3-4-6-8(7)2;2*1-2-4-6-5-3-1;;/h2*5-6H,1-2H3;2*1-5H;;. The Kier molecular flexibility index (Phi) is 5.59. The number of hydrogen-bond donors (Lipinski definition) is 0. The molecule has 4 aromatic carbocycles. The van der Waals surface area contributed by atoms with Crippen LogP contribution in [0.2, 0.25) is 0 Å². The quantitative estimate of drug-likeness (QED) is 0.271. The molecule has 2 heteroatoms. The summed E-state index contributed by atoms with van der Waals surface area (Å²) in [7, 11) is 0. The van der Waals surface area contributed by atoms with Gasteiger partial charge in [0.15, 0.2) is 0 Å². The topological polar surface area (TPSA) is 0 Å². The fraction of sp³-hybridized carbons (Fsp3) is 0.143. The molecule has 0 fully saturated rings. The van der Waals surface area contributed by atoms with Crippen LogP contribution in [0.25, 0.3) is 0 Å². The molecule has 0 aromatic heterocycles. The van der Waals surface area contributed by atoms with Gasteiger partial charge in [-0.2, -0.15) is 0 Å². The van der Waals surface area contributed by atoms with Gasteiger partial charge in [0, 0.05) is 0 Å². The van der Waals surface area contributed by atoms with Gasteiger partial charge < -0.3 is 0 Å². The van der Waals surface area contributed by atoms with Crippen molar-refractivity contribution < 1.29 is 0 Å². The number of fused-ring (bicyclic) bond motifs is 2. The number of rotatable bonds is 2. The normalized spacial score (nSPS) is 13.7. The molecule has 0 nitrogen and oxygen atoms in total. The third-order valence-corrected chi connectivity index (χ3v) is 23.7. The molecular formula is C28H26Sb2. The van der Waals surface area contributed by atoms with Crippen LogP contribution in [0, 0.1) is 27.7 Å². The molecule has 0 saturated heterocycles. The summed E-state index contributed by atoms with van der Waals surface area (Å²) < 4.78 is 10.0. The molecule has 0 aliphatic carbocycles. The van der Waals surface area contributed by atoms with E-state index in [9.17, 15) is 0 Å². The van der Waals surface area contributed by atoms with E-state index >= 15 is 0 Å². The van der Waals surface area contributed by atoms with Gasteiger partial charge in [0.25, 0.3) is 0 Å². The zero-order valence-electron chi connectivity index (χ0n) is 18.0. The van der Waals surface area contributed by atoms with Gasteiger partial charge in [-0.25, -0.2) is 0 Å². The number of hydrogen-bond acceptors (Lipinski definition) is 0. The van der Waals surface area contributed by atoms with Crippen molar-refractivity contribution in [3.63, 3.8) is 0 Å². The van der Waals surface area contributed by atoms with E-state index in [1.807, 2.05) is 0 Å². The van der Waals surface area contributed by atoms with Crippen molar-refractivity contribution in [2.75, 3.05) is 0 Å². The number of aryl methyl sites for hydroxylation is 4. The Morgan fingerprint density at radius 2 is 0.667 bits per heavy atom. The second-order valence-electron chi connectivity index (χ2n) is 8.19. The molecule has 1 heterocycles. The molecule has 1 aliphatic rings. The molecular weight excluding hydrogens is 580 g/mol. The molecule has 0 amide bonds. The summed E-state index contributed by atoms with van der Waals surface area (Å²) >= 11 is -4.15. The molecule has 0 radical (unpaired) electrons. The van der Waals surface area contributed by atoms with E-state index in [4.69, 9.17) is 0 Å². The summed E-state index contributed by atoms with van der Waals surface area (Å²) in [6.45, 7) is 9.16. The minimum atomic E-state index is -2.07. The maximum absolute atomic E-state index is 2.57. The second kappa shape index (κ2) is 8.22. The Bertz CT molecular complexity index is 1070. The van der Waals surface area contributed by atoms with E-state index in [0.29, 0.717) is 0 Å². The Morgan fingerprint density at radius 3 is 0.933 bits per heavy atom. The van der Waals surface area contributed by atoms with E-state index in [1.165, 1.54) is 22.3 Å². The molecule has 148 valence electrons. The Morgan fingerprint density at radius 1 is 0.400 bits per heavy atom. The van der Waals surface area contributed by atoms with Crippen molar-refractivity contribution in [3.8, 4) is 0 Å². The zero-order chi connectivity index (χ0) is 20.8. The van der Waals surface area contributed by atoms with Crippen LogP contribution in [0.1, 0.15) is 22.3 Å². The Balaban J connectivity index is 1.88. The summed E-state index contributed by atoms with van der Waals surface area (Å²) in [4.78, 5) is 0. The monoisotopic (exact) mass is 604 g/mol. The fourth-order valence-electron chi connectivity index (χ4n) is 4.26. The molecule has 0 spiro atoms. The first kappa shape index (κ1) is 20.4. The summed E-state index contributed by atoms with van der Waals surface area (Å²) in [5, 5.41) is 0. The van der Waals surface area contributed by atoms with Gasteiger partial charge in [0.1, 0.15) is 0 Å². The molecule has 5 rings (SSSR count). The van der Waals surface area contributed by atoms with Gasteiger partial charge in [0.2, 0.25) is 0 Å². The van der Waals surface area contributed by atoms with Gasteiger partial charge in [-0.15, -0.1) is 0 Å². The van der Waals surface area contributed by atoms with Crippen LogP contribution in [-0.2, 0) is 0 Å². The van der Waals surface area contributed by atoms with E-state index in [-0.39, 0.29) is 0 Å². The SMILES string of the molecule is Cc1c[c]2[c](cc1C)[Sb]([c]1ccccc1)[c]1cc(C)c(C)c[c]1[Sb]2[c]1ccccc1. The van der Waals surface area contributed by atoms with Crippen LogP contribution in [0.15, 0.2) is 84.9 Å². The molecule has 30 heavy (non-hydrogen) atoms. The number of benzene rings is 4. The first-order chi connectivity index (χ1) is 14.5. The van der Waals surface area contributed by atoms with Crippen molar-refractivity contribution >= 4 is 61.5 Å². The molecule has 0 bridgehead atoms. The third-order valence-electron chi connectivity index (χ3n) is 6.17. The minimum absolute atomic E-state index is 1.44. The molecule has 0 atom stereocenters. The zero-order valence-corrected chi connectivity index (χ0v) is 23.1. The Hall–Kier alpha value is -1.48. The second-order valence-corrected chi connectivity index (χ2v) is 20.5. The van der Waals surface area contributed by atoms with Crippen molar-refractivity contribution in [2.24, 2.45) is 0 Å². The van der Waals surface area contributed by atoms with Crippen LogP contribution in [0.3, 0.4) is 0 Å². The molecule has 0 saturated carbocycles. The van der Waals surface area contributed by atoms with Crippen molar-refractivity contribution in [3.05, 3.63) is 107 Å². The average Bonchev–Trinajstić information content (AvgIpc) is 2.76. The first-order valence-corrected chi connectivity index (χ1v) is 18.1. The first-order valence-electron chi connectivity index (χ1n) is 10.5. The van der Waals surface area contributed by atoms with E-state index in [0.717, 1.165) is 0 Å². The van der Waals surface area contributed by atoms with Crippen LogP contribution in [0.5, 0.6) is 0 Å². The van der Waals surface area contributed by atoms with E-state index in [1.54, 1.807) is 21.1 Å². The summed E-state index contributed by atoms with van der Waals surface area (Å²) in [5.74, 6) is 0. The van der Waals surface area contributed by atoms with Crippen LogP contribution < -0.4 is 21.1 Å². The van der Waals surface area contributed by atoms with Gasteiger partial charge in [-0.05, 0) is 0 Å². The molecule has 0 unspecified atom stereocenters. The van der Waals surface area contributed by atoms with Crippen LogP contribution >= 0.6 is 0 Å². The third kappa shape index (κ3) is 3.47. The van der Waals surface area contributed by atoms with E-state index < -0.39 is 40.4 Å². The molecule has 1 aliphatic heterocycles. The van der Waals surface area contributed by atoms with Gasteiger partial charge in [0.05, 0.1) is 0 Å². The maximum atomic E-state index is 2.57. The van der Waals surface area contributed by atoms with Crippen molar-refractivity contribution in [1.29, 1.82) is 0 Å². The summed E-state index contributed by atoms with van der Waals surface area (Å²) in [6.07, 6.45) is 0. The van der Waals surface area contributed by atoms with Gasteiger partial charge in [-0.3, -0.25) is 0 Å². The fourth-order valence-corrected chi connectivity index (χ4v) is 26.3. The van der Waals surface area contributed by atoms with Crippen molar-refractivity contribution in [2.45, 2.75) is 27.7 Å². The summed E-state index contributed by atoms with van der Waals surface area (Å²) in [6, 6.07) is 33.0. The van der Waals surface area contributed by atoms with Gasteiger partial charge in [-0.1, -0.05) is 0 Å². The van der Waals surface area contributed by atoms with Crippen molar-refractivity contribution in [1.82, 2.24) is 0 Å². The van der Waals surface area contributed by atoms with Crippen LogP contribution in [-0.4, -0.2) is 40.4 Å². The van der Waals surface area contributed by atoms with E-state index in [2.05, 4.69) is 113 Å². The Labute approximate surface area is 194 Å². The average molecular weight is 606 g/mol.